The van der Waals surface area contributed by atoms with E-state index in [9.17, 15) is 8.42 Å². The van der Waals surface area contributed by atoms with E-state index in [0.717, 1.165) is 24.0 Å². The molecule has 3 N–H and O–H groups in total. The number of hydrogen-bond donors (Lipinski definition) is 2. The fourth-order valence-electron chi connectivity index (χ4n) is 1.80. The van der Waals surface area contributed by atoms with Crippen LogP contribution in [0, 0.1) is 0 Å². The third-order valence-corrected chi connectivity index (χ3v) is 5.18. The van der Waals surface area contributed by atoms with Crippen LogP contribution >= 0.6 is 15.9 Å². The van der Waals surface area contributed by atoms with Crippen molar-refractivity contribution in [1.82, 2.24) is 14.7 Å². The second-order valence-electron chi connectivity index (χ2n) is 4.87. The second kappa shape index (κ2) is 5.36. The van der Waals surface area contributed by atoms with Gasteiger partial charge in [-0.15, -0.1) is 0 Å². The number of nitrogen functional groups attached to an aromatic ring is 1. The number of sulfonamides is 1. The van der Waals surface area contributed by atoms with Crippen LogP contribution in [0.5, 0.6) is 0 Å². The summed E-state index contributed by atoms with van der Waals surface area (Å²) in [6.45, 7) is 0. The quantitative estimate of drug-likeness (QED) is 0.858. The third kappa shape index (κ3) is 3.22. The van der Waals surface area contributed by atoms with Gasteiger partial charge in [0, 0.05) is 29.6 Å². The SMILES string of the molecule is Nc1ncc(-c2ccc(S(=O)(=O)NC3CC3)nc2)cc1Br. The third-order valence-electron chi connectivity index (χ3n) is 3.11. The van der Waals surface area contributed by atoms with Crippen molar-refractivity contribution in [2.75, 3.05) is 5.73 Å². The van der Waals surface area contributed by atoms with Crippen LogP contribution in [-0.2, 0) is 10.0 Å². The number of nitrogens with one attached hydrogen (secondary N) is 1. The summed E-state index contributed by atoms with van der Waals surface area (Å²) in [6.07, 6.45) is 4.92. The Morgan fingerprint density at radius 3 is 2.48 bits per heavy atom. The van der Waals surface area contributed by atoms with E-state index >= 15 is 0 Å². The number of anilines is 1. The Balaban J connectivity index is 1.88. The van der Waals surface area contributed by atoms with Crippen molar-refractivity contribution in [3.8, 4) is 11.1 Å². The summed E-state index contributed by atoms with van der Waals surface area (Å²) in [5.74, 6) is 0.402. The van der Waals surface area contributed by atoms with Gasteiger partial charge in [0.2, 0.25) is 0 Å². The average Bonchev–Trinajstić information content (AvgIpc) is 3.25. The van der Waals surface area contributed by atoms with E-state index in [1.54, 1.807) is 12.3 Å². The molecule has 1 fully saturated rings. The molecular weight excluding hydrogens is 356 g/mol. The van der Waals surface area contributed by atoms with Gasteiger partial charge >= 0.3 is 0 Å². The summed E-state index contributed by atoms with van der Waals surface area (Å²) in [4.78, 5) is 8.08. The van der Waals surface area contributed by atoms with Crippen molar-refractivity contribution >= 4 is 31.8 Å². The fourth-order valence-corrected chi connectivity index (χ4v) is 3.38. The lowest BCUT2D eigenvalue weighted by Crippen LogP contribution is -2.26. The zero-order valence-corrected chi connectivity index (χ0v) is 13.4. The number of hydrogen-bond acceptors (Lipinski definition) is 5. The van der Waals surface area contributed by atoms with Crippen LogP contribution in [0.3, 0.4) is 0 Å². The monoisotopic (exact) mass is 368 g/mol. The van der Waals surface area contributed by atoms with Crippen molar-refractivity contribution in [2.45, 2.75) is 23.9 Å². The number of rotatable bonds is 4. The van der Waals surface area contributed by atoms with Crippen LogP contribution in [0.4, 0.5) is 5.82 Å². The van der Waals surface area contributed by atoms with Gasteiger partial charge in [-0.2, -0.15) is 0 Å². The van der Waals surface area contributed by atoms with Gasteiger partial charge in [-0.3, -0.25) is 0 Å². The Morgan fingerprint density at radius 2 is 1.90 bits per heavy atom. The van der Waals surface area contributed by atoms with Crippen LogP contribution in [0.1, 0.15) is 12.8 Å². The summed E-state index contributed by atoms with van der Waals surface area (Å²) in [5.41, 5.74) is 7.22. The molecule has 0 bridgehead atoms. The largest absolute Gasteiger partial charge is 0.383 e. The molecule has 0 atom stereocenters. The molecule has 8 heteroatoms. The summed E-state index contributed by atoms with van der Waals surface area (Å²) < 4.78 is 27.3. The maximum absolute atomic E-state index is 12.0. The molecule has 3 rings (SSSR count). The highest BCUT2D eigenvalue weighted by Crippen LogP contribution is 2.26. The molecule has 0 radical (unpaired) electrons. The van der Waals surface area contributed by atoms with Crippen LogP contribution in [0.2, 0.25) is 0 Å². The van der Waals surface area contributed by atoms with E-state index in [4.69, 9.17) is 5.73 Å². The topological polar surface area (TPSA) is 98.0 Å². The molecule has 21 heavy (non-hydrogen) atoms. The van der Waals surface area contributed by atoms with Crippen molar-refractivity contribution in [3.05, 3.63) is 35.1 Å². The molecule has 2 aromatic heterocycles. The van der Waals surface area contributed by atoms with E-state index in [2.05, 4.69) is 30.6 Å². The first kappa shape index (κ1) is 14.4. The van der Waals surface area contributed by atoms with Crippen molar-refractivity contribution in [2.24, 2.45) is 0 Å². The van der Waals surface area contributed by atoms with Crippen molar-refractivity contribution < 1.29 is 8.42 Å². The zero-order chi connectivity index (χ0) is 15.0. The highest BCUT2D eigenvalue weighted by molar-refractivity contribution is 9.10. The number of aromatic nitrogens is 2. The molecule has 0 unspecified atom stereocenters. The highest BCUT2D eigenvalue weighted by Gasteiger charge is 2.28. The molecule has 110 valence electrons. The Bertz CT molecular complexity index is 773. The Morgan fingerprint density at radius 1 is 1.19 bits per heavy atom. The number of pyridine rings is 2. The number of halogens is 1. The van der Waals surface area contributed by atoms with Gasteiger partial charge in [-0.25, -0.2) is 23.1 Å². The maximum atomic E-state index is 12.0. The molecule has 2 aromatic rings. The average molecular weight is 369 g/mol. The lowest BCUT2D eigenvalue weighted by atomic mass is 10.1. The van der Waals surface area contributed by atoms with Crippen LogP contribution in [-0.4, -0.2) is 24.4 Å². The van der Waals surface area contributed by atoms with Crippen LogP contribution in [0.25, 0.3) is 11.1 Å². The van der Waals surface area contributed by atoms with Gasteiger partial charge < -0.3 is 5.73 Å². The van der Waals surface area contributed by atoms with Gasteiger partial charge in [0.1, 0.15) is 5.82 Å². The molecule has 0 amide bonds. The molecular formula is C13H13BrN4O2S. The summed E-state index contributed by atoms with van der Waals surface area (Å²) in [6, 6.07) is 5.07. The maximum Gasteiger partial charge on any atom is 0.258 e. The van der Waals surface area contributed by atoms with E-state index in [1.807, 2.05) is 6.07 Å². The molecule has 0 spiro atoms. The summed E-state index contributed by atoms with van der Waals surface area (Å²) >= 11 is 3.31. The van der Waals surface area contributed by atoms with E-state index < -0.39 is 10.0 Å². The lowest BCUT2D eigenvalue weighted by molar-refractivity contribution is 0.577. The van der Waals surface area contributed by atoms with Gasteiger partial charge in [-0.05, 0) is 47.0 Å². The molecule has 1 aliphatic carbocycles. The predicted octanol–water partition coefficient (Wildman–Crippen LogP) is 1.93. The molecule has 0 aliphatic heterocycles. The van der Waals surface area contributed by atoms with Crippen molar-refractivity contribution in [3.63, 3.8) is 0 Å². The van der Waals surface area contributed by atoms with E-state index in [0.29, 0.717) is 10.3 Å². The predicted molar refractivity (Wildman–Crippen MR) is 82.9 cm³/mol. The fraction of sp³-hybridized carbons (Fsp3) is 0.231. The first-order chi connectivity index (χ1) is 9.95. The lowest BCUT2D eigenvalue weighted by Gasteiger charge is -2.06. The normalized spacial score (nSPS) is 15.1. The Hall–Kier alpha value is -1.51. The first-order valence-electron chi connectivity index (χ1n) is 6.35. The minimum atomic E-state index is -3.52. The van der Waals surface area contributed by atoms with Gasteiger partial charge in [0.15, 0.2) is 5.03 Å². The number of nitrogens with zero attached hydrogens (tertiary/aromatic N) is 2. The Kier molecular flexibility index (Phi) is 3.68. The first-order valence-corrected chi connectivity index (χ1v) is 8.63. The van der Waals surface area contributed by atoms with Gasteiger partial charge in [0.05, 0.1) is 4.47 Å². The molecule has 0 aromatic carbocycles. The molecule has 1 saturated carbocycles. The minimum Gasteiger partial charge on any atom is -0.383 e. The molecule has 1 aliphatic rings. The minimum absolute atomic E-state index is 0.0284. The second-order valence-corrected chi connectivity index (χ2v) is 7.39. The van der Waals surface area contributed by atoms with Gasteiger partial charge in [0.25, 0.3) is 10.0 Å². The molecule has 6 nitrogen and oxygen atoms in total. The zero-order valence-electron chi connectivity index (χ0n) is 11.0. The number of nitrogens with two attached hydrogens (primary N) is 1. The standard InChI is InChI=1S/C13H13BrN4O2S/c14-11-5-9(7-17-13(11)15)8-1-4-12(16-6-8)21(19,20)18-10-2-3-10/h1,4-7,10,18H,2-3H2,(H2,15,17). The smallest absolute Gasteiger partial charge is 0.258 e. The van der Waals surface area contributed by atoms with Crippen molar-refractivity contribution in [1.29, 1.82) is 0 Å². The highest BCUT2D eigenvalue weighted by atomic mass is 79.9. The van der Waals surface area contributed by atoms with Gasteiger partial charge in [-0.1, -0.05) is 0 Å². The summed E-state index contributed by atoms with van der Waals surface area (Å²) in [5, 5.41) is 0.0284. The Labute approximate surface area is 131 Å². The molecule has 0 saturated heterocycles. The van der Waals surface area contributed by atoms with Crippen LogP contribution < -0.4 is 10.5 Å². The molecule has 2 heterocycles. The summed E-state index contributed by atoms with van der Waals surface area (Å²) in [7, 11) is -3.52. The van der Waals surface area contributed by atoms with E-state index in [1.165, 1.54) is 12.3 Å². The van der Waals surface area contributed by atoms with Crippen LogP contribution in [0.15, 0.2) is 40.1 Å². The van der Waals surface area contributed by atoms with E-state index in [-0.39, 0.29) is 11.1 Å².